The van der Waals surface area contributed by atoms with E-state index in [-0.39, 0.29) is 5.78 Å². The van der Waals surface area contributed by atoms with Gasteiger partial charge in [0.15, 0.2) is 5.78 Å². The number of hydrogen-bond donors (Lipinski definition) is 1. The highest BCUT2D eigenvalue weighted by Gasteiger charge is 1.92. The molecule has 3 rings (SSSR count). The third-order valence-corrected chi connectivity index (χ3v) is 2.64. The van der Waals surface area contributed by atoms with Crippen LogP contribution < -0.4 is 0 Å². The van der Waals surface area contributed by atoms with Gasteiger partial charge < -0.3 is 4.98 Å². The van der Waals surface area contributed by atoms with E-state index in [9.17, 15) is 4.79 Å². The van der Waals surface area contributed by atoms with Crippen molar-refractivity contribution in [2.75, 3.05) is 0 Å². The first kappa shape index (κ1) is 12.1. The summed E-state index contributed by atoms with van der Waals surface area (Å²) in [5, 5.41) is 1.28. The van der Waals surface area contributed by atoms with Gasteiger partial charge in [0.25, 0.3) is 0 Å². The number of fused-ring (bicyclic) bond motifs is 1. The van der Waals surface area contributed by atoms with Crippen molar-refractivity contribution >= 4 is 16.7 Å². The molecule has 0 atom stereocenters. The van der Waals surface area contributed by atoms with Crippen molar-refractivity contribution < 1.29 is 4.79 Å². The number of carbonyl (C=O) groups excluding carboxylic acids is 1. The zero-order valence-electron chi connectivity index (χ0n) is 10.3. The lowest BCUT2D eigenvalue weighted by Gasteiger charge is -1.89. The molecule has 1 aromatic heterocycles. The number of rotatable bonds is 1. The fraction of sp³-hybridized carbons (Fsp3) is 0.0625. The van der Waals surface area contributed by atoms with Gasteiger partial charge in [0.2, 0.25) is 0 Å². The molecule has 2 nitrogen and oxygen atoms in total. The third-order valence-electron chi connectivity index (χ3n) is 2.64. The van der Waals surface area contributed by atoms with Crippen molar-refractivity contribution in [3.8, 4) is 0 Å². The number of aromatic nitrogens is 1. The average molecular weight is 237 g/mol. The van der Waals surface area contributed by atoms with Gasteiger partial charge in [-0.1, -0.05) is 48.5 Å². The average Bonchev–Trinajstić information content (AvgIpc) is 2.89. The third kappa shape index (κ3) is 3.08. The van der Waals surface area contributed by atoms with E-state index in [4.69, 9.17) is 0 Å². The molecular formula is C16H15NO. The van der Waals surface area contributed by atoms with Crippen molar-refractivity contribution in [1.29, 1.82) is 0 Å². The maximum Gasteiger partial charge on any atom is 0.159 e. The summed E-state index contributed by atoms with van der Waals surface area (Å²) in [6, 6.07) is 19.5. The van der Waals surface area contributed by atoms with E-state index in [0.29, 0.717) is 0 Å². The second-order valence-electron chi connectivity index (χ2n) is 3.99. The number of benzene rings is 2. The molecule has 0 saturated heterocycles. The van der Waals surface area contributed by atoms with Crippen LogP contribution in [-0.4, -0.2) is 10.8 Å². The van der Waals surface area contributed by atoms with Gasteiger partial charge in [0.05, 0.1) is 0 Å². The summed E-state index contributed by atoms with van der Waals surface area (Å²) < 4.78 is 0. The lowest BCUT2D eigenvalue weighted by Crippen LogP contribution is -1.88. The lowest BCUT2D eigenvalue weighted by atomic mass is 10.2. The maximum absolute atomic E-state index is 10.6. The van der Waals surface area contributed by atoms with Gasteiger partial charge >= 0.3 is 0 Å². The van der Waals surface area contributed by atoms with Gasteiger partial charge in [0.1, 0.15) is 0 Å². The summed E-state index contributed by atoms with van der Waals surface area (Å²) in [4.78, 5) is 13.8. The molecule has 0 fully saturated rings. The summed E-state index contributed by atoms with van der Waals surface area (Å²) in [7, 11) is 0. The number of carbonyl (C=O) groups is 1. The van der Waals surface area contributed by atoms with Crippen LogP contribution in [0.5, 0.6) is 0 Å². The van der Waals surface area contributed by atoms with E-state index in [1.165, 1.54) is 10.9 Å². The second-order valence-corrected chi connectivity index (χ2v) is 3.99. The highest BCUT2D eigenvalue weighted by molar-refractivity contribution is 5.93. The monoisotopic (exact) mass is 237 g/mol. The van der Waals surface area contributed by atoms with E-state index in [0.717, 1.165) is 5.56 Å². The van der Waals surface area contributed by atoms with Gasteiger partial charge in [-0.05, 0) is 24.4 Å². The summed E-state index contributed by atoms with van der Waals surface area (Å²) in [5.41, 5.74) is 1.98. The molecule has 0 aliphatic rings. The Hall–Kier alpha value is -2.35. The molecule has 18 heavy (non-hydrogen) atoms. The minimum Gasteiger partial charge on any atom is -0.361 e. The van der Waals surface area contributed by atoms with Crippen LogP contribution in [0.3, 0.4) is 0 Å². The van der Waals surface area contributed by atoms with E-state index >= 15 is 0 Å². The Balaban J connectivity index is 0.000000134. The molecule has 0 radical (unpaired) electrons. The van der Waals surface area contributed by atoms with Crippen LogP contribution in [0.1, 0.15) is 17.3 Å². The Morgan fingerprint density at radius 1 is 0.889 bits per heavy atom. The number of ketones is 1. The number of nitrogens with one attached hydrogen (secondary N) is 1. The maximum atomic E-state index is 10.6. The molecule has 0 bridgehead atoms. The Labute approximate surface area is 106 Å². The van der Waals surface area contributed by atoms with Gasteiger partial charge in [-0.15, -0.1) is 0 Å². The molecule has 0 amide bonds. The smallest absolute Gasteiger partial charge is 0.159 e. The lowest BCUT2D eigenvalue weighted by molar-refractivity contribution is 0.101. The second kappa shape index (κ2) is 5.82. The van der Waals surface area contributed by atoms with E-state index in [1.807, 2.05) is 48.7 Å². The molecule has 0 aliphatic carbocycles. The topological polar surface area (TPSA) is 32.9 Å². The zero-order valence-corrected chi connectivity index (χ0v) is 10.3. The van der Waals surface area contributed by atoms with Crippen molar-refractivity contribution in [1.82, 2.24) is 4.98 Å². The normalized spacial score (nSPS) is 9.61. The number of Topliss-reactive ketones (excluding diaryl/α,β-unsaturated/α-hetero) is 1. The minimum absolute atomic E-state index is 0.121. The molecule has 90 valence electrons. The van der Waals surface area contributed by atoms with Crippen LogP contribution in [0, 0.1) is 0 Å². The molecule has 1 N–H and O–H groups in total. The number of para-hydroxylation sites is 1. The van der Waals surface area contributed by atoms with Crippen molar-refractivity contribution in [3.63, 3.8) is 0 Å². The molecule has 2 aromatic carbocycles. The van der Waals surface area contributed by atoms with Gasteiger partial charge in [-0.3, -0.25) is 4.79 Å². The largest absolute Gasteiger partial charge is 0.361 e. The van der Waals surface area contributed by atoms with Crippen LogP contribution in [-0.2, 0) is 0 Å². The quantitative estimate of drug-likeness (QED) is 0.636. The Morgan fingerprint density at radius 3 is 2.17 bits per heavy atom. The molecule has 1 heterocycles. The first-order valence-electron chi connectivity index (χ1n) is 5.85. The number of hydrogen-bond acceptors (Lipinski definition) is 1. The molecule has 0 saturated carbocycles. The van der Waals surface area contributed by atoms with Crippen LogP contribution >= 0.6 is 0 Å². The Morgan fingerprint density at radius 2 is 1.56 bits per heavy atom. The summed E-state index contributed by atoms with van der Waals surface area (Å²) >= 11 is 0. The van der Waals surface area contributed by atoms with Crippen LogP contribution in [0.15, 0.2) is 66.9 Å². The van der Waals surface area contributed by atoms with Crippen molar-refractivity contribution in [2.45, 2.75) is 6.92 Å². The molecule has 0 spiro atoms. The van der Waals surface area contributed by atoms with Gasteiger partial charge in [-0.25, -0.2) is 0 Å². The number of H-pyrrole nitrogens is 1. The van der Waals surface area contributed by atoms with E-state index in [1.54, 1.807) is 6.92 Å². The summed E-state index contributed by atoms with van der Waals surface area (Å²) in [5.74, 6) is 0.121. The van der Waals surface area contributed by atoms with Crippen LogP contribution in [0.25, 0.3) is 10.9 Å². The molecule has 3 aromatic rings. The predicted octanol–water partition coefficient (Wildman–Crippen LogP) is 4.06. The van der Waals surface area contributed by atoms with E-state index in [2.05, 4.69) is 23.2 Å². The standard InChI is InChI=1S/C8H7N.C8H8O/c1-2-4-8-7(3-1)5-6-9-8;1-7(9)8-5-3-2-4-6-8/h1-6,9H;2-6H,1H3. The fourth-order valence-electron chi connectivity index (χ4n) is 1.67. The predicted molar refractivity (Wildman–Crippen MR) is 74.7 cm³/mol. The van der Waals surface area contributed by atoms with Crippen LogP contribution in [0.4, 0.5) is 0 Å². The number of aromatic amines is 1. The zero-order chi connectivity index (χ0) is 12.8. The summed E-state index contributed by atoms with van der Waals surface area (Å²) in [6.45, 7) is 1.56. The minimum atomic E-state index is 0.121. The Bertz CT molecular complexity index is 595. The first-order chi connectivity index (χ1) is 8.77. The van der Waals surface area contributed by atoms with Crippen molar-refractivity contribution in [3.05, 3.63) is 72.4 Å². The molecule has 0 aliphatic heterocycles. The van der Waals surface area contributed by atoms with Crippen LogP contribution in [0.2, 0.25) is 0 Å². The first-order valence-corrected chi connectivity index (χ1v) is 5.85. The van der Waals surface area contributed by atoms with Gasteiger partial charge in [-0.2, -0.15) is 0 Å². The van der Waals surface area contributed by atoms with E-state index < -0.39 is 0 Å². The summed E-state index contributed by atoms with van der Waals surface area (Å²) in [6.07, 6.45) is 1.95. The molecular weight excluding hydrogens is 222 g/mol. The molecule has 2 heteroatoms. The Kier molecular flexibility index (Phi) is 3.92. The van der Waals surface area contributed by atoms with Gasteiger partial charge in [0, 0.05) is 17.3 Å². The SMILES string of the molecule is CC(=O)c1ccccc1.c1ccc2[nH]ccc2c1. The van der Waals surface area contributed by atoms with Crippen molar-refractivity contribution in [2.24, 2.45) is 0 Å². The highest BCUT2D eigenvalue weighted by Crippen LogP contribution is 2.09. The fourth-order valence-corrected chi connectivity index (χ4v) is 1.67. The highest BCUT2D eigenvalue weighted by atomic mass is 16.1. The molecule has 0 unspecified atom stereocenters.